The van der Waals surface area contributed by atoms with E-state index in [1.807, 2.05) is 39.7 Å². The number of nitrogens with zero attached hydrogens (tertiary/aromatic N) is 2. The van der Waals surface area contributed by atoms with Crippen molar-refractivity contribution in [2.24, 2.45) is 0 Å². The van der Waals surface area contributed by atoms with Gasteiger partial charge in [0, 0.05) is 24.9 Å². The van der Waals surface area contributed by atoms with Crippen LogP contribution in [0.5, 0.6) is 5.75 Å². The van der Waals surface area contributed by atoms with Gasteiger partial charge in [0.05, 0.1) is 11.5 Å². The number of benzene rings is 1. The Hall–Kier alpha value is -0.760. The normalized spacial score (nSPS) is 20.1. The molecule has 0 saturated carbocycles. The lowest BCUT2D eigenvalue weighted by molar-refractivity contribution is 0.271. The fourth-order valence-electron chi connectivity index (χ4n) is 2.92. The molecule has 7 heteroatoms. The molecule has 0 amide bonds. The molecule has 1 fully saturated rings. The Labute approximate surface area is 150 Å². The Kier molecular flexibility index (Phi) is 6.98. The molecule has 0 aromatic heterocycles. The molecule has 1 aliphatic heterocycles. The summed E-state index contributed by atoms with van der Waals surface area (Å²) in [5, 5.41) is 0. The first-order valence-electron chi connectivity index (χ1n) is 8.34. The molecular weight excluding hydrogens is 344 g/mol. The largest absolute Gasteiger partial charge is 0.494 e. The lowest BCUT2D eigenvalue weighted by Gasteiger charge is -2.31. The average Bonchev–Trinajstić information content (AvgIpc) is 2.74. The third-order valence-corrected chi connectivity index (χ3v) is 7.16. The van der Waals surface area contributed by atoms with E-state index < -0.39 is 10.0 Å². The van der Waals surface area contributed by atoms with Crippen LogP contribution in [0.3, 0.4) is 0 Å². The highest BCUT2D eigenvalue weighted by Gasteiger charge is 2.33. The number of likely N-dealkylation sites (N-methyl/N-ethyl adjacent to an activating group) is 1. The number of rotatable bonds is 6. The highest BCUT2D eigenvalue weighted by molar-refractivity contribution is 7.99. The molecule has 0 spiro atoms. The topological polar surface area (TPSA) is 49.9 Å². The Morgan fingerprint density at radius 3 is 2.75 bits per heavy atom. The van der Waals surface area contributed by atoms with Gasteiger partial charge in [0.2, 0.25) is 10.0 Å². The third-order valence-electron chi connectivity index (χ3n) is 4.01. The van der Waals surface area contributed by atoms with E-state index in [2.05, 4.69) is 4.90 Å². The van der Waals surface area contributed by atoms with Crippen LogP contribution in [0.25, 0.3) is 0 Å². The van der Waals surface area contributed by atoms with E-state index in [1.165, 1.54) is 0 Å². The molecule has 1 atom stereocenters. The van der Waals surface area contributed by atoms with Crippen LogP contribution in [0.4, 0.5) is 0 Å². The van der Waals surface area contributed by atoms with Crippen molar-refractivity contribution in [1.29, 1.82) is 0 Å². The second-order valence-corrected chi connectivity index (χ2v) is 9.36. The van der Waals surface area contributed by atoms with Crippen LogP contribution in [0.1, 0.15) is 18.9 Å². The van der Waals surface area contributed by atoms with Gasteiger partial charge in [-0.1, -0.05) is 0 Å². The van der Waals surface area contributed by atoms with Crippen LogP contribution in [0.2, 0.25) is 0 Å². The summed E-state index contributed by atoms with van der Waals surface area (Å²) < 4.78 is 33.6. The molecule has 0 aliphatic carbocycles. The highest BCUT2D eigenvalue weighted by Crippen LogP contribution is 2.28. The molecule has 1 aliphatic rings. The number of ether oxygens (including phenoxy) is 1. The lowest BCUT2D eigenvalue weighted by atomic mass is 10.2. The van der Waals surface area contributed by atoms with Gasteiger partial charge in [0.25, 0.3) is 0 Å². The predicted octanol–water partition coefficient (Wildman–Crippen LogP) is 2.45. The summed E-state index contributed by atoms with van der Waals surface area (Å²) in [6.07, 6.45) is 0.893. The average molecular weight is 373 g/mol. The second-order valence-electron chi connectivity index (χ2n) is 6.32. The molecular formula is C17H28N2O3S2. The quantitative estimate of drug-likeness (QED) is 0.768. The molecule has 1 aromatic carbocycles. The van der Waals surface area contributed by atoms with Gasteiger partial charge in [-0.3, -0.25) is 0 Å². The van der Waals surface area contributed by atoms with Gasteiger partial charge in [0.15, 0.2) is 0 Å². The minimum absolute atomic E-state index is 0.00405. The number of thioether (sulfide) groups is 1. The first-order chi connectivity index (χ1) is 11.4. The first-order valence-corrected chi connectivity index (χ1v) is 10.9. The van der Waals surface area contributed by atoms with Crippen molar-refractivity contribution >= 4 is 21.8 Å². The number of aryl methyl sites for hydroxylation is 1. The van der Waals surface area contributed by atoms with E-state index in [4.69, 9.17) is 4.74 Å². The zero-order valence-electron chi connectivity index (χ0n) is 15.0. The maximum atomic E-state index is 13.2. The zero-order valence-corrected chi connectivity index (χ0v) is 16.6. The van der Waals surface area contributed by atoms with Crippen molar-refractivity contribution in [3.8, 4) is 5.75 Å². The van der Waals surface area contributed by atoms with Gasteiger partial charge in [-0.15, -0.1) is 0 Å². The van der Waals surface area contributed by atoms with E-state index in [9.17, 15) is 8.42 Å². The Morgan fingerprint density at radius 2 is 2.12 bits per heavy atom. The standard InChI is InChI=1S/C17H28N2O3S2/c1-5-22-17-8-7-16(11-14(17)2)24(20,21)19-9-6-10-23-13-15(19)12-18(3)4/h7-8,11,15H,5-6,9-10,12-13H2,1-4H3. The molecule has 1 saturated heterocycles. The Bertz CT molecular complexity index is 647. The maximum Gasteiger partial charge on any atom is 0.243 e. The lowest BCUT2D eigenvalue weighted by Crippen LogP contribution is -2.46. The van der Waals surface area contributed by atoms with Gasteiger partial charge in [-0.2, -0.15) is 16.1 Å². The fourth-order valence-corrected chi connectivity index (χ4v) is 5.82. The zero-order chi connectivity index (χ0) is 17.7. The maximum absolute atomic E-state index is 13.2. The molecule has 2 rings (SSSR count). The number of hydrogen-bond donors (Lipinski definition) is 0. The molecule has 0 radical (unpaired) electrons. The highest BCUT2D eigenvalue weighted by atomic mass is 32.2. The van der Waals surface area contributed by atoms with Crippen LogP contribution >= 0.6 is 11.8 Å². The summed E-state index contributed by atoms with van der Waals surface area (Å²) in [5.74, 6) is 2.60. The molecule has 0 N–H and O–H groups in total. The van der Waals surface area contributed by atoms with Crippen LogP contribution in [0, 0.1) is 6.92 Å². The van der Waals surface area contributed by atoms with Gasteiger partial charge in [-0.05, 0) is 63.9 Å². The first kappa shape index (κ1) is 19.6. The number of hydrogen-bond acceptors (Lipinski definition) is 5. The summed E-state index contributed by atoms with van der Waals surface area (Å²) in [6.45, 7) is 5.70. The molecule has 24 heavy (non-hydrogen) atoms. The van der Waals surface area contributed by atoms with Crippen LogP contribution in [-0.2, 0) is 10.0 Å². The van der Waals surface area contributed by atoms with Crippen molar-refractivity contribution in [3.63, 3.8) is 0 Å². The molecule has 5 nitrogen and oxygen atoms in total. The van der Waals surface area contributed by atoms with E-state index >= 15 is 0 Å². The summed E-state index contributed by atoms with van der Waals surface area (Å²) >= 11 is 1.84. The molecule has 1 aromatic rings. The van der Waals surface area contributed by atoms with Crippen molar-refractivity contribution in [2.75, 3.05) is 45.3 Å². The second kappa shape index (κ2) is 8.56. The van der Waals surface area contributed by atoms with E-state index in [1.54, 1.807) is 22.5 Å². The van der Waals surface area contributed by atoms with Crippen LogP contribution in [0.15, 0.2) is 23.1 Å². The monoisotopic (exact) mass is 372 g/mol. The van der Waals surface area contributed by atoms with Crippen LogP contribution in [-0.4, -0.2) is 69.0 Å². The molecule has 136 valence electrons. The summed E-state index contributed by atoms with van der Waals surface area (Å²) in [4.78, 5) is 2.42. The molecule has 1 unspecified atom stereocenters. The smallest absolute Gasteiger partial charge is 0.243 e. The predicted molar refractivity (Wildman–Crippen MR) is 101 cm³/mol. The van der Waals surface area contributed by atoms with Crippen molar-refractivity contribution in [1.82, 2.24) is 9.21 Å². The van der Waals surface area contributed by atoms with Gasteiger partial charge in [0.1, 0.15) is 5.75 Å². The Morgan fingerprint density at radius 1 is 1.38 bits per heavy atom. The third kappa shape index (κ3) is 4.65. The van der Waals surface area contributed by atoms with Crippen molar-refractivity contribution in [2.45, 2.75) is 31.2 Å². The molecule has 0 bridgehead atoms. The SMILES string of the molecule is CCOc1ccc(S(=O)(=O)N2CCCSCC2CN(C)C)cc1C. The van der Waals surface area contributed by atoms with Crippen molar-refractivity contribution < 1.29 is 13.2 Å². The minimum atomic E-state index is -3.50. The van der Waals surface area contributed by atoms with Gasteiger partial charge in [-0.25, -0.2) is 8.42 Å². The van der Waals surface area contributed by atoms with E-state index in [0.29, 0.717) is 18.0 Å². The van der Waals surface area contributed by atoms with Gasteiger partial charge >= 0.3 is 0 Å². The van der Waals surface area contributed by atoms with E-state index in [-0.39, 0.29) is 6.04 Å². The van der Waals surface area contributed by atoms with Gasteiger partial charge < -0.3 is 9.64 Å². The van der Waals surface area contributed by atoms with E-state index in [0.717, 1.165) is 35.8 Å². The van der Waals surface area contributed by atoms with Crippen LogP contribution < -0.4 is 4.74 Å². The number of sulfonamides is 1. The minimum Gasteiger partial charge on any atom is -0.494 e. The summed E-state index contributed by atoms with van der Waals surface area (Å²) in [7, 11) is 0.478. The summed E-state index contributed by atoms with van der Waals surface area (Å²) in [5.41, 5.74) is 0.853. The molecule has 1 heterocycles. The summed E-state index contributed by atoms with van der Waals surface area (Å²) in [6, 6.07) is 5.16. The van der Waals surface area contributed by atoms with Crippen molar-refractivity contribution in [3.05, 3.63) is 23.8 Å². The Balaban J connectivity index is 2.33. The fraction of sp³-hybridized carbons (Fsp3) is 0.647.